The molecule has 1 fully saturated rings. The largest absolute Gasteiger partial charge is 0.349 e. The van der Waals surface area contributed by atoms with Crippen molar-refractivity contribution in [2.45, 2.75) is 52.0 Å². The second-order valence-corrected chi connectivity index (χ2v) is 5.79. The van der Waals surface area contributed by atoms with Crippen LogP contribution in [0.2, 0.25) is 0 Å². The molecule has 5 heteroatoms. The molecule has 4 nitrogen and oxygen atoms in total. The number of carbonyl (C=O) groups excluding carboxylic acids is 1. The van der Waals surface area contributed by atoms with Crippen molar-refractivity contribution >= 4 is 17.5 Å². The number of alkyl halides is 1. The van der Waals surface area contributed by atoms with Crippen LogP contribution in [0.3, 0.4) is 0 Å². The van der Waals surface area contributed by atoms with Crippen LogP contribution in [0, 0.1) is 12.8 Å². The number of amides is 1. The Labute approximate surface area is 125 Å². The number of nitrogens with one attached hydrogen (secondary N) is 1. The van der Waals surface area contributed by atoms with Gasteiger partial charge in [0.15, 0.2) is 0 Å². The summed E-state index contributed by atoms with van der Waals surface area (Å²) in [6, 6.07) is 2.01. The highest BCUT2D eigenvalue weighted by Crippen LogP contribution is 2.25. The topological polar surface area (TPSA) is 54.9 Å². The van der Waals surface area contributed by atoms with Gasteiger partial charge in [-0.15, -0.1) is 11.6 Å². The summed E-state index contributed by atoms with van der Waals surface area (Å²) in [6.07, 6.45) is 5.19. The Bertz CT molecular complexity index is 478. The zero-order valence-electron chi connectivity index (χ0n) is 12.2. The maximum Gasteiger partial charge on any atom is 0.253 e. The van der Waals surface area contributed by atoms with Crippen molar-refractivity contribution < 1.29 is 4.79 Å². The van der Waals surface area contributed by atoms with Crippen LogP contribution in [-0.4, -0.2) is 28.0 Å². The van der Waals surface area contributed by atoms with E-state index in [4.69, 9.17) is 11.6 Å². The number of aromatic nitrogens is 2. The minimum Gasteiger partial charge on any atom is -0.349 e. The highest BCUT2D eigenvalue weighted by Gasteiger charge is 2.26. The number of halogens is 1. The van der Waals surface area contributed by atoms with E-state index in [2.05, 4.69) is 15.5 Å². The summed E-state index contributed by atoms with van der Waals surface area (Å²) in [5, 5.41) is 11.3. The molecular weight excluding hydrogens is 274 g/mol. The number of aryl methyl sites for hydroxylation is 2. The minimum absolute atomic E-state index is 0.0399. The molecule has 0 bridgehead atoms. The zero-order valence-corrected chi connectivity index (χ0v) is 12.9. The molecule has 0 radical (unpaired) electrons. The molecule has 1 aromatic heterocycles. The van der Waals surface area contributed by atoms with Crippen LogP contribution >= 0.6 is 11.6 Å². The molecule has 1 N–H and O–H groups in total. The molecule has 1 amide bonds. The van der Waals surface area contributed by atoms with Gasteiger partial charge in [-0.1, -0.05) is 19.8 Å². The molecule has 1 aromatic rings. The second-order valence-electron chi connectivity index (χ2n) is 5.48. The Morgan fingerprint density at radius 1 is 1.40 bits per heavy atom. The van der Waals surface area contributed by atoms with Crippen LogP contribution in [0.5, 0.6) is 0 Å². The average Bonchev–Trinajstić information content (AvgIpc) is 2.47. The van der Waals surface area contributed by atoms with E-state index in [1.165, 1.54) is 6.42 Å². The SMILES string of the molecule is CCc1nnc(C)cc1C(=O)NC1CCCCC1CCl. The quantitative estimate of drug-likeness (QED) is 0.869. The smallest absolute Gasteiger partial charge is 0.253 e. The standard InChI is InChI=1S/C15H22ClN3O/c1-3-13-12(8-10(2)18-19-13)15(20)17-14-7-5-4-6-11(14)9-16/h8,11,14H,3-7,9H2,1-2H3,(H,17,20). The van der Waals surface area contributed by atoms with Crippen molar-refractivity contribution in [3.63, 3.8) is 0 Å². The van der Waals surface area contributed by atoms with Gasteiger partial charge in [0.25, 0.3) is 5.91 Å². The van der Waals surface area contributed by atoms with Gasteiger partial charge >= 0.3 is 0 Å². The predicted octanol–water partition coefficient (Wildman–Crippen LogP) is 2.87. The van der Waals surface area contributed by atoms with Gasteiger partial charge in [0.2, 0.25) is 0 Å². The van der Waals surface area contributed by atoms with Gasteiger partial charge < -0.3 is 5.32 Å². The molecule has 0 aromatic carbocycles. The lowest BCUT2D eigenvalue weighted by Crippen LogP contribution is -2.43. The summed E-state index contributed by atoms with van der Waals surface area (Å²) in [4.78, 5) is 12.5. The van der Waals surface area contributed by atoms with E-state index in [1.54, 1.807) is 0 Å². The van der Waals surface area contributed by atoms with Crippen LogP contribution in [0.15, 0.2) is 6.07 Å². The van der Waals surface area contributed by atoms with E-state index in [0.717, 1.165) is 30.7 Å². The lowest BCUT2D eigenvalue weighted by Gasteiger charge is -2.31. The molecule has 1 aliphatic carbocycles. The highest BCUT2D eigenvalue weighted by molar-refractivity contribution is 6.18. The van der Waals surface area contributed by atoms with Crippen molar-refractivity contribution in [2.24, 2.45) is 5.92 Å². The maximum atomic E-state index is 12.5. The molecule has 20 heavy (non-hydrogen) atoms. The summed E-state index contributed by atoms with van der Waals surface area (Å²) in [7, 11) is 0. The number of rotatable bonds is 4. The molecular formula is C15H22ClN3O. The van der Waals surface area contributed by atoms with Crippen molar-refractivity contribution in [1.29, 1.82) is 0 Å². The van der Waals surface area contributed by atoms with Gasteiger partial charge in [0, 0.05) is 11.9 Å². The van der Waals surface area contributed by atoms with E-state index in [-0.39, 0.29) is 11.9 Å². The first-order valence-corrected chi connectivity index (χ1v) is 7.89. The van der Waals surface area contributed by atoms with Crippen LogP contribution in [-0.2, 0) is 6.42 Å². The predicted molar refractivity (Wildman–Crippen MR) is 80.1 cm³/mol. The maximum absolute atomic E-state index is 12.5. The fourth-order valence-electron chi connectivity index (χ4n) is 2.80. The van der Waals surface area contributed by atoms with E-state index in [1.807, 2.05) is 19.9 Å². The van der Waals surface area contributed by atoms with Crippen LogP contribution in [0.4, 0.5) is 0 Å². The highest BCUT2D eigenvalue weighted by atomic mass is 35.5. The van der Waals surface area contributed by atoms with Crippen molar-refractivity contribution in [3.8, 4) is 0 Å². The Morgan fingerprint density at radius 3 is 2.85 bits per heavy atom. The van der Waals surface area contributed by atoms with E-state index in [9.17, 15) is 4.79 Å². The first-order chi connectivity index (χ1) is 9.65. The van der Waals surface area contributed by atoms with E-state index >= 15 is 0 Å². The molecule has 2 atom stereocenters. The van der Waals surface area contributed by atoms with Crippen LogP contribution in [0.25, 0.3) is 0 Å². The summed E-state index contributed by atoms with van der Waals surface area (Å²) in [5.41, 5.74) is 2.18. The molecule has 1 heterocycles. The van der Waals surface area contributed by atoms with Gasteiger partial charge in [-0.25, -0.2) is 0 Å². The lowest BCUT2D eigenvalue weighted by molar-refractivity contribution is 0.0909. The summed E-state index contributed by atoms with van der Waals surface area (Å²) in [5.74, 6) is 0.955. The monoisotopic (exact) mass is 295 g/mol. The summed E-state index contributed by atoms with van der Waals surface area (Å²) in [6.45, 7) is 3.84. The molecule has 1 saturated carbocycles. The van der Waals surface area contributed by atoms with Gasteiger partial charge in [-0.3, -0.25) is 4.79 Å². The number of carbonyl (C=O) groups is 1. The van der Waals surface area contributed by atoms with Gasteiger partial charge in [-0.2, -0.15) is 10.2 Å². The first kappa shape index (κ1) is 15.2. The van der Waals surface area contributed by atoms with Crippen molar-refractivity contribution in [2.75, 3.05) is 5.88 Å². The number of hydrogen-bond donors (Lipinski definition) is 1. The number of hydrogen-bond acceptors (Lipinski definition) is 3. The molecule has 0 aliphatic heterocycles. The van der Waals surface area contributed by atoms with Gasteiger partial charge in [0.05, 0.1) is 17.0 Å². The van der Waals surface area contributed by atoms with Crippen LogP contribution in [0.1, 0.15) is 54.4 Å². The fraction of sp³-hybridized carbons (Fsp3) is 0.667. The molecule has 2 rings (SSSR count). The van der Waals surface area contributed by atoms with Gasteiger partial charge in [0.1, 0.15) is 0 Å². The third kappa shape index (κ3) is 3.48. The van der Waals surface area contributed by atoms with E-state index in [0.29, 0.717) is 23.8 Å². The Morgan fingerprint density at radius 2 is 2.15 bits per heavy atom. The Balaban J connectivity index is 2.13. The Hall–Kier alpha value is -1.16. The number of nitrogens with zero attached hydrogens (tertiary/aromatic N) is 2. The first-order valence-electron chi connectivity index (χ1n) is 7.35. The normalized spacial score (nSPS) is 22.6. The molecule has 110 valence electrons. The third-order valence-electron chi connectivity index (χ3n) is 4.00. The zero-order chi connectivity index (χ0) is 14.5. The van der Waals surface area contributed by atoms with Crippen LogP contribution < -0.4 is 5.32 Å². The Kier molecular flexibility index (Phi) is 5.35. The minimum atomic E-state index is -0.0399. The molecule has 1 aliphatic rings. The van der Waals surface area contributed by atoms with Crippen molar-refractivity contribution in [1.82, 2.24) is 15.5 Å². The van der Waals surface area contributed by atoms with E-state index < -0.39 is 0 Å². The van der Waals surface area contributed by atoms with Gasteiger partial charge in [-0.05, 0) is 38.2 Å². The molecule has 2 unspecified atom stereocenters. The fourth-order valence-corrected chi connectivity index (χ4v) is 3.17. The third-order valence-corrected chi connectivity index (χ3v) is 4.39. The van der Waals surface area contributed by atoms with Crippen molar-refractivity contribution in [3.05, 3.63) is 23.0 Å². The molecule has 0 spiro atoms. The summed E-state index contributed by atoms with van der Waals surface area (Å²) < 4.78 is 0. The summed E-state index contributed by atoms with van der Waals surface area (Å²) >= 11 is 6.01. The average molecular weight is 296 g/mol. The molecule has 0 saturated heterocycles. The lowest BCUT2D eigenvalue weighted by atomic mass is 9.85. The second kappa shape index (κ2) is 7.02.